The van der Waals surface area contributed by atoms with Gasteiger partial charge in [0, 0.05) is 18.0 Å². The van der Waals surface area contributed by atoms with Crippen molar-refractivity contribution in [2.75, 3.05) is 5.32 Å². The first-order valence-corrected chi connectivity index (χ1v) is 9.26. The zero-order chi connectivity index (χ0) is 19.7. The highest BCUT2D eigenvalue weighted by Gasteiger charge is 2.18. The van der Waals surface area contributed by atoms with Crippen LogP contribution in [-0.2, 0) is 11.2 Å². The maximum Gasteiger partial charge on any atom is 0.230 e. The molecular formula is C23H22N4O. The minimum atomic E-state index is -0.0968. The Morgan fingerprint density at radius 2 is 1.93 bits per heavy atom. The molecule has 0 fully saturated rings. The number of aromatic nitrogens is 3. The fourth-order valence-electron chi connectivity index (χ4n) is 3.28. The van der Waals surface area contributed by atoms with Crippen LogP contribution in [0, 0.1) is 20.8 Å². The second kappa shape index (κ2) is 7.27. The number of carbonyl (C=O) groups excluding carboxylic acids is 1. The molecule has 0 bridgehead atoms. The number of rotatable bonds is 4. The lowest BCUT2D eigenvalue weighted by Gasteiger charge is -2.08. The highest BCUT2D eigenvalue weighted by atomic mass is 16.1. The zero-order valence-electron chi connectivity index (χ0n) is 16.2. The van der Waals surface area contributed by atoms with E-state index in [1.807, 2.05) is 35.7 Å². The molecule has 1 amide bonds. The molecule has 0 atom stereocenters. The molecule has 1 aromatic carbocycles. The van der Waals surface area contributed by atoms with Crippen molar-refractivity contribution in [2.24, 2.45) is 0 Å². The van der Waals surface area contributed by atoms with E-state index in [9.17, 15) is 4.79 Å². The fraction of sp³-hybridized carbons (Fsp3) is 0.174. The Balaban J connectivity index is 1.76. The van der Waals surface area contributed by atoms with E-state index >= 15 is 0 Å². The van der Waals surface area contributed by atoms with E-state index < -0.39 is 0 Å². The molecule has 5 heteroatoms. The van der Waals surface area contributed by atoms with Gasteiger partial charge in [0.25, 0.3) is 0 Å². The summed E-state index contributed by atoms with van der Waals surface area (Å²) in [6.45, 7) is 6.22. The number of hydrogen-bond acceptors (Lipinski definition) is 3. The van der Waals surface area contributed by atoms with E-state index in [-0.39, 0.29) is 12.3 Å². The lowest BCUT2D eigenvalue weighted by molar-refractivity contribution is -0.115. The average Bonchev–Trinajstić information content (AvgIpc) is 3.02. The van der Waals surface area contributed by atoms with Crippen molar-refractivity contribution >= 4 is 17.2 Å². The number of carbonyl (C=O) groups is 1. The van der Waals surface area contributed by atoms with Crippen LogP contribution in [0.15, 0.2) is 61.1 Å². The summed E-state index contributed by atoms with van der Waals surface area (Å²) in [6, 6.07) is 14.0. The first-order chi connectivity index (χ1) is 13.5. The number of fused-ring (bicyclic) bond motifs is 1. The molecule has 0 spiro atoms. The monoisotopic (exact) mass is 370 g/mol. The zero-order valence-corrected chi connectivity index (χ0v) is 16.2. The highest BCUT2D eigenvalue weighted by Crippen LogP contribution is 2.27. The van der Waals surface area contributed by atoms with Gasteiger partial charge in [0.1, 0.15) is 5.65 Å². The van der Waals surface area contributed by atoms with Crippen LogP contribution in [0.5, 0.6) is 0 Å². The summed E-state index contributed by atoms with van der Waals surface area (Å²) in [6.07, 6.45) is 5.52. The van der Waals surface area contributed by atoms with Gasteiger partial charge < -0.3 is 9.72 Å². The second-order valence-electron chi connectivity index (χ2n) is 7.11. The molecule has 0 aliphatic rings. The number of amides is 1. The van der Waals surface area contributed by atoms with Crippen LogP contribution < -0.4 is 5.32 Å². The van der Waals surface area contributed by atoms with E-state index in [0.717, 1.165) is 28.2 Å². The van der Waals surface area contributed by atoms with Crippen molar-refractivity contribution in [1.29, 1.82) is 0 Å². The summed E-state index contributed by atoms with van der Waals surface area (Å²) in [7, 11) is 0. The van der Waals surface area contributed by atoms with Crippen LogP contribution in [0.1, 0.15) is 22.4 Å². The van der Waals surface area contributed by atoms with Crippen molar-refractivity contribution in [3.8, 4) is 11.3 Å². The van der Waals surface area contributed by atoms with Crippen molar-refractivity contribution in [3.63, 3.8) is 0 Å². The van der Waals surface area contributed by atoms with Crippen LogP contribution in [0.2, 0.25) is 0 Å². The standard InChI is InChI=1S/C23H22N4O/c1-15-8-10-27-20(13-22(28)25-19-5-4-9-24-14-19)23(26-21(27)11-15)18-7-6-16(2)17(3)12-18/h4-12,14H,13H2,1-3H3,(H,25,28). The topological polar surface area (TPSA) is 59.3 Å². The molecular weight excluding hydrogens is 348 g/mol. The Morgan fingerprint density at radius 1 is 1.07 bits per heavy atom. The largest absolute Gasteiger partial charge is 0.324 e. The molecule has 3 aromatic heterocycles. The van der Waals surface area contributed by atoms with Crippen LogP contribution in [0.3, 0.4) is 0 Å². The molecule has 0 saturated carbocycles. The normalized spacial score (nSPS) is 11.0. The number of pyridine rings is 2. The SMILES string of the molecule is Cc1ccn2c(CC(=O)Nc3cccnc3)c(-c3ccc(C)c(C)c3)nc2c1. The molecule has 3 heterocycles. The van der Waals surface area contributed by atoms with Crippen LogP contribution in [0.4, 0.5) is 5.69 Å². The van der Waals surface area contributed by atoms with E-state index in [0.29, 0.717) is 5.69 Å². The Hall–Kier alpha value is -3.47. The number of imidazole rings is 1. The minimum absolute atomic E-state index is 0.0968. The van der Waals surface area contributed by atoms with Gasteiger partial charge in [-0.3, -0.25) is 9.78 Å². The van der Waals surface area contributed by atoms with Crippen molar-refractivity contribution in [3.05, 3.63) is 83.4 Å². The molecule has 0 unspecified atom stereocenters. The van der Waals surface area contributed by atoms with Crippen molar-refractivity contribution < 1.29 is 4.79 Å². The number of nitrogens with one attached hydrogen (secondary N) is 1. The molecule has 4 rings (SSSR count). The van der Waals surface area contributed by atoms with E-state index in [1.54, 1.807) is 18.5 Å². The maximum absolute atomic E-state index is 12.7. The summed E-state index contributed by atoms with van der Waals surface area (Å²) in [5, 5.41) is 2.91. The van der Waals surface area contributed by atoms with Gasteiger partial charge in [0.15, 0.2) is 0 Å². The molecule has 0 radical (unpaired) electrons. The van der Waals surface area contributed by atoms with Crippen LogP contribution in [-0.4, -0.2) is 20.3 Å². The van der Waals surface area contributed by atoms with Gasteiger partial charge in [0.05, 0.1) is 29.7 Å². The smallest absolute Gasteiger partial charge is 0.230 e. The number of nitrogens with zero attached hydrogens (tertiary/aromatic N) is 3. The molecule has 1 N–H and O–H groups in total. The van der Waals surface area contributed by atoms with Gasteiger partial charge in [-0.2, -0.15) is 0 Å². The Kier molecular flexibility index (Phi) is 4.65. The van der Waals surface area contributed by atoms with Crippen LogP contribution in [0.25, 0.3) is 16.9 Å². The first-order valence-electron chi connectivity index (χ1n) is 9.26. The van der Waals surface area contributed by atoms with Gasteiger partial charge in [-0.15, -0.1) is 0 Å². The lowest BCUT2D eigenvalue weighted by atomic mass is 10.0. The Bertz CT molecular complexity index is 1160. The maximum atomic E-state index is 12.7. The van der Waals surface area contributed by atoms with Gasteiger partial charge in [0.2, 0.25) is 5.91 Å². The number of aryl methyl sites for hydroxylation is 3. The predicted molar refractivity (Wildman–Crippen MR) is 111 cm³/mol. The third kappa shape index (κ3) is 3.51. The highest BCUT2D eigenvalue weighted by molar-refractivity contribution is 5.93. The van der Waals surface area contributed by atoms with Gasteiger partial charge in [-0.1, -0.05) is 12.1 Å². The summed E-state index contributed by atoms with van der Waals surface area (Å²) in [4.78, 5) is 21.6. The van der Waals surface area contributed by atoms with Gasteiger partial charge in [-0.25, -0.2) is 4.98 Å². The van der Waals surface area contributed by atoms with Crippen molar-refractivity contribution in [2.45, 2.75) is 27.2 Å². The third-order valence-electron chi connectivity index (χ3n) is 4.93. The summed E-state index contributed by atoms with van der Waals surface area (Å²) in [5.41, 5.74) is 7.84. The molecule has 0 saturated heterocycles. The molecule has 0 aliphatic carbocycles. The first kappa shape index (κ1) is 17.9. The Labute approximate surface area is 164 Å². The van der Waals surface area contributed by atoms with E-state index in [4.69, 9.17) is 4.98 Å². The average molecular weight is 370 g/mol. The third-order valence-corrected chi connectivity index (χ3v) is 4.93. The fourth-order valence-corrected chi connectivity index (χ4v) is 3.28. The second-order valence-corrected chi connectivity index (χ2v) is 7.11. The number of benzene rings is 1. The molecule has 28 heavy (non-hydrogen) atoms. The number of anilines is 1. The molecule has 5 nitrogen and oxygen atoms in total. The number of hydrogen-bond donors (Lipinski definition) is 1. The van der Waals surface area contributed by atoms with Gasteiger partial charge >= 0.3 is 0 Å². The summed E-state index contributed by atoms with van der Waals surface area (Å²) in [5.74, 6) is -0.0968. The van der Waals surface area contributed by atoms with Crippen molar-refractivity contribution in [1.82, 2.24) is 14.4 Å². The van der Waals surface area contributed by atoms with E-state index in [1.165, 1.54) is 11.1 Å². The quantitative estimate of drug-likeness (QED) is 0.575. The molecule has 140 valence electrons. The van der Waals surface area contributed by atoms with Crippen LogP contribution >= 0.6 is 0 Å². The van der Waals surface area contributed by atoms with Gasteiger partial charge in [-0.05, 0) is 67.8 Å². The molecule has 0 aliphatic heterocycles. The lowest BCUT2D eigenvalue weighted by Crippen LogP contribution is -2.16. The van der Waals surface area contributed by atoms with E-state index in [2.05, 4.69) is 42.3 Å². The summed E-state index contributed by atoms with van der Waals surface area (Å²) >= 11 is 0. The summed E-state index contributed by atoms with van der Waals surface area (Å²) < 4.78 is 2.00. The molecule has 4 aromatic rings. The minimum Gasteiger partial charge on any atom is -0.324 e. The predicted octanol–water partition coefficient (Wildman–Crippen LogP) is 4.50. The Morgan fingerprint density at radius 3 is 2.68 bits per heavy atom.